The summed E-state index contributed by atoms with van der Waals surface area (Å²) in [6.07, 6.45) is 3.77. The van der Waals surface area contributed by atoms with Crippen LogP contribution in [0.15, 0.2) is 0 Å². The first-order valence-corrected chi connectivity index (χ1v) is 6.18. The van der Waals surface area contributed by atoms with Gasteiger partial charge in [-0.2, -0.15) is 0 Å². The second kappa shape index (κ2) is 6.11. The SMILES string of the molecule is CCCC(CC)N1CCN(C(C)=O)CC1. The molecule has 1 atom stereocenters. The summed E-state index contributed by atoms with van der Waals surface area (Å²) in [5, 5.41) is 0. The molecule has 0 spiro atoms. The van der Waals surface area contributed by atoms with E-state index in [1.165, 1.54) is 19.3 Å². The quantitative estimate of drug-likeness (QED) is 0.708. The van der Waals surface area contributed by atoms with Gasteiger partial charge in [0.2, 0.25) is 5.91 Å². The number of carbonyl (C=O) groups excluding carboxylic acids is 1. The molecule has 1 fully saturated rings. The Bertz CT molecular complexity index is 198. The highest BCUT2D eigenvalue weighted by Gasteiger charge is 2.22. The maximum Gasteiger partial charge on any atom is 0.219 e. The first-order chi connectivity index (χ1) is 7.19. The summed E-state index contributed by atoms with van der Waals surface area (Å²) >= 11 is 0. The lowest BCUT2D eigenvalue weighted by Crippen LogP contribution is -2.51. The fraction of sp³-hybridized carbons (Fsp3) is 0.917. The van der Waals surface area contributed by atoms with E-state index in [1.54, 1.807) is 6.92 Å². The zero-order valence-corrected chi connectivity index (χ0v) is 10.3. The number of carbonyl (C=O) groups is 1. The lowest BCUT2D eigenvalue weighted by atomic mass is 10.1. The zero-order valence-electron chi connectivity index (χ0n) is 10.3. The largest absolute Gasteiger partial charge is 0.340 e. The number of hydrogen-bond acceptors (Lipinski definition) is 2. The summed E-state index contributed by atoms with van der Waals surface area (Å²) in [5.74, 6) is 0.221. The molecule has 1 unspecified atom stereocenters. The molecular formula is C12H24N2O. The first kappa shape index (κ1) is 12.5. The van der Waals surface area contributed by atoms with Crippen molar-refractivity contribution >= 4 is 5.91 Å². The second-order valence-electron chi connectivity index (χ2n) is 4.39. The van der Waals surface area contributed by atoms with Gasteiger partial charge >= 0.3 is 0 Å². The number of rotatable bonds is 4. The van der Waals surface area contributed by atoms with Gasteiger partial charge < -0.3 is 4.90 Å². The molecule has 0 saturated carbocycles. The first-order valence-electron chi connectivity index (χ1n) is 6.18. The van der Waals surface area contributed by atoms with Crippen molar-refractivity contribution in [3.8, 4) is 0 Å². The summed E-state index contributed by atoms with van der Waals surface area (Å²) in [6.45, 7) is 10.1. The highest BCUT2D eigenvalue weighted by Crippen LogP contribution is 2.13. The average molecular weight is 212 g/mol. The molecule has 0 aliphatic carbocycles. The van der Waals surface area contributed by atoms with Crippen LogP contribution in [0.4, 0.5) is 0 Å². The molecule has 0 radical (unpaired) electrons. The van der Waals surface area contributed by atoms with Crippen LogP contribution in [0, 0.1) is 0 Å². The van der Waals surface area contributed by atoms with E-state index in [1.807, 2.05) is 4.90 Å². The van der Waals surface area contributed by atoms with Gasteiger partial charge in [-0.05, 0) is 12.8 Å². The van der Waals surface area contributed by atoms with Gasteiger partial charge in [0.05, 0.1) is 0 Å². The number of nitrogens with zero attached hydrogens (tertiary/aromatic N) is 2. The molecule has 1 saturated heterocycles. The topological polar surface area (TPSA) is 23.6 Å². The smallest absolute Gasteiger partial charge is 0.219 e. The molecule has 1 amide bonds. The van der Waals surface area contributed by atoms with Crippen molar-refractivity contribution in [2.45, 2.75) is 46.1 Å². The Morgan fingerprint density at radius 2 is 1.80 bits per heavy atom. The summed E-state index contributed by atoms with van der Waals surface area (Å²) < 4.78 is 0. The third-order valence-electron chi connectivity index (χ3n) is 3.37. The number of amides is 1. The normalized spacial score (nSPS) is 20.3. The summed E-state index contributed by atoms with van der Waals surface area (Å²) in [6, 6.07) is 0.726. The van der Waals surface area contributed by atoms with Crippen molar-refractivity contribution in [2.75, 3.05) is 26.2 Å². The minimum Gasteiger partial charge on any atom is -0.340 e. The molecule has 0 N–H and O–H groups in total. The third kappa shape index (κ3) is 3.49. The van der Waals surface area contributed by atoms with Gasteiger partial charge in [-0.3, -0.25) is 9.69 Å². The Morgan fingerprint density at radius 3 is 2.20 bits per heavy atom. The fourth-order valence-electron chi connectivity index (χ4n) is 2.38. The molecule has 0 aromatic carbocycles. The van der Waals surface area contributed by atoms with Crippen LogP contribution in [-0.2, 0) is 4.79 Å². The molecule has 1 rings (SSSR count). The van der Waals surface area contributed by atoms with Gasteiger partial charge in [-0.25, -0.2) is 0 Å². The van der Waals surface area contributed by atoms with Crippen LogP contribution in [-0.4, -0.2) is 47.9 Å². The fourth-order valence-corrected chi connectivity index (χ4v) is 2.38. The Morgan fingerprint density at radius 1 is 1.20 bits per heavy atom. The van der Waals surface area contributed by atoms with Crippen molar-refractivity contribution in [3.05, 3.63) is 0 Å². The Hall–Kier alpha value is -0.570. The van der Waals surface area contributed by atoms with E-state index in [9.17, 15) is 4.79 Å². The van der Waals surface area contributed by atoms with Crippen molar-refractivity contribution < 1.29 is 4.79 Å². The summed E-state index contributed by atoms with van der Waals surface area (Å²) in [4.78, 5) is 15.7. The number of hydrogen-bond donors (Lipinski definition) is 0. The Labute approximate surface area is 93.4 Å². The molecule has 0 aromatic heterocycles. The Kier molecular flexibility index (Phi) is 5.09. The van der Waals surface area contributed by atoms with Crippen molar-refractivity contribution in [3.63, 3.8) is 0 Å². The minimum atomic E-state index is 0.221. The monoisotopic (exact) mass is 212 g/mol. The lowest BCUT2D eigenvalue weighted by Gasteiger charge is -2.38. The van der Waals surface area contributed by atoms with E-state index in [2.05, 4.69) is 18.7 Å². The van der Waals surface area contributed by atoms with Gasteiger partial charge in [-0.15, -0.1) is 0 Å². The summed E-state index contributed by atoms with van der Waals surface area (Å²) in [5.41, 5.74) is 0. The van der Waals surface area contributed by atoms with E-state index < -0.39 is 0 Å². The van der Waals surface area contributed by atoms with Crippen LogP contribution in [0.3, 0.4) is 0 Å². The third-order valence-corrected chi connectivity index (χ3v) is 3.37. The van der Waals surface area contributed by atoms with Crippen molar-refractivity contribution in [2.24, 2.45) is 0 Å². The van der Waals surface area contributed by atoms with Crippen LogP contribution >= 0.6 is 0 Å². The lowest BCUT2D eigenvalue weighted by molar-refractivity contribution is -0.130. The highest BCUT2D eigenvalue weighted by atomic mass is 16.2. The zero-order chi connectivity index (χ0) is 11.3. The van der Waals surface area contributed by atoms with E-state index in [-0.39, 0.29) is 5.91 Å². The van der Waals surface area contributed by atoms with Crippen LogP contribution in [0.1, 0.15) is 40.0 Å². The van der Waals surface area contributed by atoms with Gasteiger partial charge in [0, 0.05) is 39.1 Å². The molecule has 1 heterocycles. The highest BCUT2D eigenvalue weighted by molar-refractivity contribution is 5.73. The average Bonchev–Trinajstić information content (AvgIpc) is 2.26. The molecule has 15 heavy (non-hydrogen) atoms. The predicted molar refractivity (Wildman–Crippen MR) is 62.8 cm³/mol. The van der Waals surface area contributed by atoms with E-state index in [4.69, 9.17) is 0 Å². The maximum atomic E-state index is 11.2. The number of piperazine rings is 1. The van der Waals surface area contributed by atoms with Crippen LogP contribution < -0.4 is 0 Å². The van der Waals surface area contributed by atoms with Gasteiger partial charge in [-0.1, -0.05) is 20.3 Å². The predicted octanol–water partition coefficient (Wildman–Crippen LogP) is 1.73. The molecule has 1 aliphatic heterocycles. The molecule has 0 aromatic rings. The van der Waals surface area contributed by atoms with E-state index >= 15 is 0 Å². The minimum absolute atomic E-state index is 0.221. The molecule has 1 aliphatic rings. The standard InChI is InChI=1S/C12H24N2O/c1-4-6-12(5-2)14-9-7-13(8-10-14)11(3)15/h12H,4-10H2,1-3H3. The maximum absolute atomic E-state index is 11.2. The second-order valence-corrected chi connectivity index (χ2v) is 4.39. The van der Waals surface area contributed by atoms with Gasteiger partial charge in [0.25, 0.3) is 0 Å². The van der Waals surface area contributed by atoms with Crippen molar-refractivity contribution in [1.29, 1.82) is 0 Å². The molecule has 3 nitrogen and oxygen atoms in total. The molecule has 88 valence electrons. The van der Waals surface area contributed by atoms with Crippen LogP contribution in [0.25, 0.3) is 0 Å². The molecular weight excluding hydrogens is 188 g/mol. The van der Waals surface area contributed by atoms with Crippen LogP contribution in [0.2, 0.25) is 0 Å². The van der Waals surface area contributed by atoms with E-state index in [0.29, 0.717) is 0 Å². The van der Waals surface area contributed by atoms with Crippen molar-refractivity contribution in [1.82, 2.24) is 9.80 Å². The van der Waals surface area contributed by atoms with Crippen LogP contribution in [0.5, 0.6) is 0 Å². The van der Waals surface area contributed by atoms with E-state index in [0.717, 1.165) is 32.2 Å². The van der Waals surface area contributed by atoms with Gasteiger partial charge in [0.15, 0.2) is 0 Å². The Balaban J connectivity index is 2.38. The summed E-state index contributed by atoms with van der Waals surface area (Å²) in [7, 11) is 0. The van der Waals surface area contributed by atoms with Gasteiger partial charge in [0.1, 0.15) is 0 Å². The molecule has 0 bridgehead atoms. The molecule has 3 heteroatoms.